The van der Waals surface area contributed by atoms with E-state index in [-0.39, 0.29) is 5.25 Å². The molecule has 1 N–H and O–H groups in total. The Kier molecular flexibility index (Phi) is 5.15. The van der Waals surface area contributed by atoms with Gasteiger partial charge in [0, 0.05) is 11.6 Å². The normalized spacial score (nSPS) is 12.5. The van der Waals surface area contributed by atoms with E-state index in [9.17, 15) is 0 Å². The Labute approximate surface area is 149 Å². The fraction of sp³-hybridized carbons (Fsp3) is 0.375. The van der Waals surface area contributed by atoms with Crippen molar-refractivity contribution in [3.63, 3.8) is 0 Å². The van der Waals surface area contributed by atoms with Crippen molar-refractivity contribution in [2.24, 2.45) is 0 Å². The number of hydrogen-bond donors (Lipinski definition) is 1. The molecule has 3 aromatic rings. The van der Waals surface area contributed by atoms with Gasteiger partial charge in [0.25, 0.3) is 0 Å². The van der Waals surface area contributed by atoms with Crippen molar-refractivity contribution < 1.29 is 4.42 Å². The van der Waals surface area contributed by atoms with Crippen LogP contribution < -0.4 is 5.32 Å². The summed E-state index contributed by atoms with van der Waals surface area (Å²) in [4.78, 5) is 0. The van der Waals surface area contributed by atoms with E-state index in [0.29, 0.717) is 17.8 Å². The summed E-state index contributed by atoms with van der Waals surface area (Å²) in [7, 11) is 0. The SMILES string of the molecule is Cc1cccc(-c2nnc([C@H](C)Sc3nnc(NC(C)C)s3)o2)c1. The highest BCUT2D eigenvalue weighted by Crippen LogP contribution is 2.37. The van der Waals surface area contributed by atoms with Crippen LogP contribution in [0.2, 0.25) is 0 Å². The number of aryl methyl sites for hydroxylation is 1. The zero-order valence-electron chi connectivity index (χ0n) is 14.0. The fourth-order valence-electron chi connectivity index (χ4n) is 2.06. The zero-order valence-corrected chi connectivity index (χ0v) is 15.6. The lowest BCUT2D eigenvalue weighted by Gasteiger charge is -2.04. The largest absolute Gasteiger partial charge is 0.419 e. The fourth-order valence-corrected chi connectivity index (χ4v) is 4.13. The van der Waals surface area contributed by atoms with Gasteiger partial charge < -0.3 is 9.73 Å². The van der Waals surface area contributed by atoms with Gasteiger partial charge in [-0.3, -0.25) is 0 Å². The summed E-state index contributed by atoms with van der Waals surface area (Å²) in [5.74, 6) is 1.13. The van der Waals surface area contributed by atoms with E-state index < -0.39 is 0 Å². The molecular weight excluding hydrogens is 342 g/mol. The molecule has 0 aliphatic heterocycles. The van der Waals surface area contributed by atoms with Crippen molar-refractivity contribution in [2.75, 3.05) is 5.32 Å². The molecule has 8 heteroatoms. The van der Waals surface area contributed by atoms with Gasteiger partial charge in [-0.15, -0.1) is 20.4 Å². The molecule has 0 spiro atoms. The van der Waals surface area contributed by atoms with Crippen LogP contribution in [0.4, 0.5) is 5.13 Å². The van der Waals surface area contributed by atoms with Gasteiger partial charge >= 0.3 is 0 Å². The molecule has 0 amide bonds. The number of nitrogens with one attached hydrogen (secondary N) is 1. The summed E-state index contributed by atoms with van der Waals surface area (Å²) in [6.07, 6.45) is 0. The van der Waals surface area contributed by atoms with E-state index in [4.69, 9.17) is 4.42 Å². The number of benzene rings is 1. The molecule has 1 aromatic carbocycles. The third-order valence-corrected chi connectivity index (χ3v) is 5.18. The maximum absolute atomic E-state index is 5.83. The highest BCUT2D eigenvalue weighted by atomic mass is 32.2. The van der Waals surface area contributed by atoms with Crippen molar-refractivity contribution >= 4 is 28.2 Å². The van der Waals surface area contributed by atoms with E-state index in [1.165, 1.54) is 11.3 Å². The number of hydrogen-bond acceptors (Lipinski definition) is 8. The highest BCUT2D eigenvalue weighted by molar-refractivity contribution is 8.01. The minimum absolute atomic E-state index is 0.0101. The van der Waals surface area contributed by atoms with E-state index in [0.717, 1.165) is 20.6 Å². The van der Waals surface area contributed by atoms with Crippen LogP contribution in [0.3, 0.4) is 0 Å². The lowest BCUT2D eigenvalue weighted by Crippen LogP contribution is -2.08. The van der Waals surface area contributed by atoms with E-state index >= 15 is 0 Å². The lowest BCUT2D eigenvalue weighted by atomic mass is 10.1. The molecule has 2 aromatic heterocycles. The number of rotatable bonds is 6. The molecule has 0 unspecified atom stereocenters. The number of thioether (sulfide) groups is 1. The molecule has 3 rings (SSSR count). The van der Waals surface area contributed by atoms with Crippen molar-refractivity contribution in [3.8, 4) is 11.5 Å². The third kappa shape index (κ3) is 4.12. The first kappa shape index (κ1) is 16.9. The number of anilines is 1. The second-order valence-corrected chi connectivity index (χ2v) is 8.31. The van der Waals surface area contributed by atoms with Gasteiger partial charge in [0.2, 0.25) is 16.9 Å². The maximum Gasteiger partial charge on any atom is 0.247 e. The molecule has 6 nitrogen and oxygen atoms in total. The summed E-state index contributed by atoms with van der Waals surface area (Å²) >= 11 is 3.09. The molecular formula is C16H19N5OS2. The van der Waals surface area contributed by atoms with Gasteiger partial charge in [-0.2, -0.15) is 0 Å². The third-order valence-electron chi connectivity index (χ3n) is 3.15. The highest BCUT2D eigenvalue weighted by Gasteiger charge is 2.18. The van der Waals surface area contributed by atoms with Gasteiger partial charge in [0.1, 0.15) is 0 Å². The van der Waals surface area contributed by atoms with Crippen LogP contribution in [0.25, 0.3) is 11.5 Å². The quantitative estimate of drug-likeness (QED) is 0.644. The number of nitrogens with zero attached hydrogens (tertiary/aromatic N) is 4. The maximum atomic E-state index is 5.83. The first-order valence-electron chi connectivity index (χ1n) is 7.68. The average Bonchev–Trinajstić information content (AvgIpc) is 3.16. The van der Waals surface area contributed by atoms with Crippen LogP contribution >= 0.6 is 23.1 Å². The molecule has 0 aliphatic carbocycles. The topological polar surface area (TPSA) is 76.7 Å². The van der Waals surface area contributed by atoms with E-state index in [2.05, 4.69) is 39.6 Å². The molecule has 0 aliphatic rings. The Morgan fingerprint density at radius 2 is 1.96 bits per heavy atom. The molecule has 1 atom stereocenters. The number of aromatic nitrogens is 4. The summed E-state index contributed by atoms with van der Waals surface area (Å²) < 4.78 is 6.70. The monoisotopic (exact) mass is 361 g/mol. The summed E-state index contributed by atoms with van der Waals surface area (Å²) in [5.41, 5.74) is 2.10. The summed E-state index contributed by atoms with van der Waals surface area (Å²) in [6.45, 7) is 8.21. The molecule has 24 heavy (non-hydrogen) atoms. The first-order valence-corrected chi connectivity index (χ1v) is 9.38. The molecule has 126 valence electrons. The predicted molar refractivity (Wildman–Crippen MR) is 97.4 cm³/mol. The average molecular weight is 361 g/mol. The summed E-state index contributed by atoms with van der Waals surface area (Å²) in [6, 6.07) is 8.36. The second-order valence-electron chi connectivity index (χ2n) is 5.75. The molecule has 0 bridgehead atoms. The predicted octanol–water partition coefficient (Wildman–Crippen LogP) is 4.57. The van der Waals surface area contributed by atoms with Gasteiger partial charge in [-0.05, 0) is 39.8 Å². The summed E-state index contributed by atoms with van der Waals surface area (Å²) in [5, 5.41) is 20.7. The minimum atomic E-state index is 0.0101. The van der Waals surface area contributed by atoms with Crippen LogP contribution in [0.5, 0.6) is 0 Å². The van der Waals surface area contributed by atoms with Gasteiger partial charge in [-0.1, -0.05) is 40.8 Å². The van der Waals surface area contributed by atoms with E-state index in [1.807, 2.05) is 38.1 Å². The standard InChI is InChI=1S/C16H19N5OS2/c1-9(2)17-15-20-21-16(24-15)23-11(4)13-18-19-14(22-13)12-7-5-6-10(3)8-12/h5-9,11H,1-4H3,(H,17,20)/t11-/m0/s1. The van der Waals surface area contributed by atoms with E-state index in [1.54, 1.807) is 11.8 Å². The first-order chi connectivity index (χ1) is 11.5. The lowest BCUT2D eigenvalue weighted by molar-refractivity contribution is 0.509. The Morgan fingerprint density at radius 3 is 2.71 bits per heavy atom. The van der Waals surface area contributed by atoms with Crippen molar-refractivity contribution in [1.29, 1.82) is 0 Å². The van der Waals surface area contributed by atoms with Gasteiger partial charge in [0.15, 0.2) is 4.34 Å². The molecule has 0 saturated heterocycles. The van der Waals surface area contributed by atoms with Gasteiger partial charge in [-0.25, -0.2) is 0 Å². The van der Waals surface area contributed by atoms with Crippen molar-refractivity contribution in [2.45, 2.75) is 43.3 Å². The van der Waals surface area contributed by atoms with Crippen molar-refractivity contribution in [1.82, 2.24) is 20.4 Å². The smallest absolute Gasteiger partial charge is 0.247 e. The molecule has 2 heterocycles. The van der Waals surface area contributed by atoms with Crippen LogP contribution in [-0.2, 0) is 0 Å². The van der Waals surface area contributed by atoms with Crippen LogP contribution in [0, 0.1) is 6.92 Å². The van der Waals surface area contributed by atoms with Crippen molar-refractivity contribution in [3.05, 3.63) is 35.7 Å². The Hall–Kier alpha value is -1.93. The molecule has 0 saturated carbocycles. The van der Waals surface area contributed by atoms with Crippen LogP contribution in [0.1, 0.15) is 37.5 Å². The Bertz CT molecular complexity index is 814. The molecule has 0 fully saturated rings. The minimum Gasteiger partial charge on any atom is -0.419 e. The van der Waals surface area contributed by atoms with Crippen LogP contribution in [0.15, 0.2) is 33.0 Å². The Morgan fingerprint density at radius 1 is 1.12 bits per heavy atom. The van der Waals surface area contributed by atoms with Gasteiger partial charge in [0.05, 0.1) is 5.25 Å². The second kappa shape index (κ2) is 7.31. The van der Waals surface area contributed by atoms with Crippen LogP contribution in [-0.4, -0.2) is 26.4 Å². The molecule has 0 radical (unpaired) electrons. The zero-order chi connectivity index (χ0) is 17.1. The Balaban J connectivity index is 1.69.